The molecule has 0 aromatic carbocycles. The monoisotopic (exact) mass is 130 g/mol. The van der Waals surface area contributed by atoms with Gasteiger partial charge < -0.3 is 5.11 Å². The van der Waals surface area contributed by atoms with Gasteiger partial charge in [-0.2, -0.15) is 0 Å². The fourth-order valence-electron chi connectivity index (χ4n) is 0.747. The van der Waals surface area contributed by atoms with Crippen LogP contribution in [-0.2, 0) is 0 Å². The second kappa shape index (κ2) is 4.80. The van der Waals surface area contributed by atoms with Crippen molar-refractivity contribution in [1.82, 2.24) is 0 Å². The fourth-order valence-corrected chi connectivity index (χ4v) is 0.747. The molecule has 0 aliphatic rings. The van der Waals surface area contributed by atoms with Crippen molar-refractivity contribution >= 4 is 0 Å². The van der Waals surface area contributed by atoms with E-state index in [4.69, 9.17) is 0 Å². The van der Waals surface area contributed by atoms with Crippen molar-refractivity contribution in [2.24, 2.45) is 5.92 Å². The minimum Gasteiger partial charge on any atom is -0.393 e. The van der Waals surface area contributed by atoms with Crippen LogP contribution in [0.4, 0.5) is 0 Å². The molecule has 0 aliphatic heterocycles. The molecule has 1 atom stereocenters. The maximum atomic E-state index is 9.26. The highest BCUT2D eigenvalue weighted by molar-refractivity contribution is 4.58. The van der Waals surface area contributed by atoms with Gasteiger partial charge in [0.1, 0.15) is 0 Å². The average Bonchev–Trinajstić information content (AvgIpc) is 1.82. The number of aliphatic hydroxyl groups is 1. The van der Waals surface area contributed by atoms with Crippen molar-refractivity contribution < 1.29 is 5.11 Å². The molecule has 56 valence electrons. The van der Waals surface area contributed by atoms with E-state index in [2.05, 4.69) is 20.8 Å². The van der Waals surface area contributed by atoms with E-state index in [9.17, 15) is 5.11 Å². The van der Waals surface area contributed by atoms with E-state index in [1.54, 1.807) is 0 Å². The van der Waals surface area contributed by atoms with E-state index in [1.807, 2.05) is 0 Å². The van der Waals surface area contributed by atoms with E-state index >= 15 is 0 Å². The van der Waals surface area contributed by atoms with Crippen molar-refractivity contribution in [2.75, 3.05) is 0 Å². The Bertz CT molecular complexity index is 59.6. The number of unbranched alkanes of at least 4 members (excludes halogenated alkanes) is 1. The van der Waals surface area contributed by atoms with Crippen LogP contribution in [-0.4, -0.2) is 11.2 Å². The summed E-state index contributed by atoms with van der Waals surface area (Å²) >= 11 is 0. The van der Waals surface area contributed by atoms with Gasteiger partial charge in [-0.1, -0.05) is 33.6 Å². The quantitative estimate of drug-likeness (QED) is 0.618. The molecule has 0 unspecified atom stereocenters. The number of hydrogen-bond donors (Lipinski definition) is 1. The molecule has 0 heterocycles. The molecular weight excluding hydrogens is 112 g/mol. The molecule has 0 fully saturated rings. The Morgan fingerprint density at radius 2 is 1.89 bits per heavy atom. The van der Waals surface area contributed by atoms with Gasteiger partial charge in [-0.3, -0.25) is 0 Å². The zero-order valence-corrected chi connectivity index (χ0v) is 6.72. The van der Waals surface area contributed by atoms with Crippen molar-refractivity contribution in [3.8, 4) is 0 Å². The lowest BCUT2D eigenvalue weighted by Gasteiger charge is -2.12. The van der Waals surface area contributed by atoms with Crippen molar-refractivity contribution in [3.05, 3.63) is 0 Å². The summed E-state index contributed by atoms with van der Waals surface area (Å²) in [5.74, 6) is 0.427. The van der Waals surface area contributed by atoms with Crippen molar-refractivity contribution in [3.63, 3.8) is 0 Å². The second-order valence-electron chi connectivity index (χ2n) is 2.95. The molecule has 1 N–H and O–H groups in total. The molecule has 1 heteroatoms. The van der Waals surface area contributed by atoms with Crippen LogP contribution in [0.15, 0.2) is 0 Å². The molecule has 0 aromatic heterocycles. The van der Waals surface area contributed by atoms with E-state index in [0.717, 1.165) is 12.8 Å². The third kappa shape index (κ3) is 4.46. The van der Waals surface area contributed by atoms with E-state index in [-0.39, 0.29) is 6.10 Å². The van der Waals surface area contributed by atoms with E-state index in [1.165, 1.54) is 6.42 Å². The molecule has 0 saturated heterocycles. The SMILES string of the molecule is CCCC[C@@H](O)C(C)C. The Morgan fingerprint density at radius 3 is 2.22 bits per heavy atom. The Balaban J connectivity index is 3.16. The maximum absolute atomic E-state index is 9.26. The lowest BCUT2D eigenvalue weighted by Crippen LogP contribution is -2.13. The third-order valence-corrected chi connectivity index (χ3v) is 1.62. The molecule has 0 amide bonds. The van der Waals surface area contributed by atoms with Gasteiger partial charge in [0.05, 0.1) is 6.10 Å². The Kier molecular flexibility index (Phi) is 4.78. The van der Waals surface area contributed by atoms with E-state index in [0.29, 0.717) is 5.92 Å². The molecule has 0 radical (unpaired) electrons. The second-order valence-corrected chi connectivity index (χ2v) is 2.95. The minimum absolute atomic E-state index is 0.0788. The highest BCUT2D eigenvalue weighted by atomic mass is 16.3. The van der Waals surface area contributed by atoms with Crippen molar-refractivity contribution in [1.29, 1.82) is 0 Å². The standard InChI is InChI=1S/C8H18O/c1-4-5-6-8(9)7(2)3/h7-9H,4-6H2,1-3H3/t8-/m1/s1. The average molecular weight is 130 g/mol. The molecule has 0 saturated carbocycles. The van der Waals surface area contributed by atoms with Crippen LogP contribution in [0.5, 0.6) is 0 Å². The number of aliphatic hydroxyl groups excluding tert-OH is 1. The van der Waals surface area contributed by atoms with Gasteiger partial charge in [0.2, 0.25) is 0 Å². The summed E-state index contributed by atoms with van der Waals surface area (Å²) < 4.78 is 0. The lowest BCUT2D eigenvalue weighted by molar-refractivity contribution is 0.114. The van der Waals surface area contributed by atoms with Crippen LogP contribution < -0.4 is 0 Å². The lowest BCUT2D eigenvalue weighted by atomic mass is 10.0. The normalized spacial score (nSPS) is 14.3. The minimum atomic E-state index is -0.0788. The first kappa shape index (κ1) is 8.96. The summed E-state index contributed by atoms with van der Waals surface area (Å²) in [6.07, 6.45) is 3.22. The molecule has 1 nitrogen and oxygen atoms in total. The molecule has 9 heavy (non-hydrogen) atoms. The topological polar surface area (TPSA) is 20.2 Å². The molecular formula is C8H18O. The number of hydrogen-bond acceptors (Lipinski definition) is 1. The van der Waals surface area contributed by atoms with Gasteiger partial charge in [0, 0.05) is 0 Å². The predicted octanol–water partition coefficient (Wildman–Crippen LogP) is 2.19. The molecule has 0 rings (SSSR count). The van der Waals surface area contributed by atoms with Gasteiger partial charge in [-0.25, -0.2) is 0 Å². The van der Waals surface area contributed by atoms with Crippen LogP contribution >= 0.6 is 0 Å². The zero-order valence-electron chi connectivity index (χ0n) is 6.72. The molecule has 0 aliphatic carbocycles. The van der Waals surface area contributed by atoms with Crippen LogP contribution in [0.1, 0.15) is 40.0 Å². The van der Waals surface area contributed by atoms with Crippen LogP contribution in [0.3, 0.4) is 0 Å². The zero-order chi connectivity index (χ0) is 7.28. The number of rotatable bonds is 4. The first-order valence-corrected chi connectivity index (χ1v) is 3.86. The largest absolute Gasteiger partial charge is 0.393 e. The Hall–Kier alpha value is -0.0400. The molecule has 0 bridgehead atoms. The first-order chi connectivity index (χ1) is 4.18. The van der Waals surface area contributed by atoms with Crippen LogP contribution in [0.2, 0.25) is 0 Å². The summed E-state index contributed by atoms with van der Waals surface area (Å²) in [5.41, 5.74) is 0. The summed E-state index contributed by atoms with van der Waals surface area (Å²) in [6, 6.07) is 0. The van der Waals surface area contributed by atoms with Gasteiger partial charge in [-0.15, -0.1) is 0 Å². The Morgan fingerprint density at radius 1 is 1.33 bits per heavy atom. The summed E-state index contributed by atoms with van der Waals surface area (Å²) in [5, 5.41) is 9.26. The van der Waals surface area contributed by atoms with Gasteiger partial charge in [0.25, 0.3) is 0 Å². The maximum Gasteiger partial charge on any atom is 0.0563 e. The fraction of sp³-hybridized carbons (Fsp3) is 1.00. The Labute approximate surface area is 58.1 Å². The van der Waals surface area contributed by atoms with Crippen LogP contribution in [0, 0.1) is 5.92 Å². The van der Waals surface area contributed by atoms with Crippen LogP contribution in [0.25, 0.3) is 0 Å². The van der Waals surface area contributed by atoms with Gasteiger partial charge in [0.15, 0.2) is 0 Å². The summed E-state index contributed by atoms with van der Waals surface area (Å²) in [6.45, 7) is 6.26. The highest BCUT2D eigenvalue weighted by Gasteiger charge is 2.06. The highest BCUT2D eigenvalue weighted by Crippen LogP contribution is 2.08. The summed E-state index contributed by atoms with van der Waals surface area (Å²) in [4.78, 5) is 0. The van der Waals surface area contributed by atoms with Gasteiger partial charge in [-0.05, 0) is 12.3 Å². The molecule has 0 aromatic rings. The molecule has 0 spiro atoms. The first-order valence-electron chi connectivity index (χ1n) is 3.86. The van der Waals surface area contributed by atoms with Crippen molar-refractivity contribution in [2.45, 2.75) is 46.1 Å². The third-order valence-electron chi connectivity index (χ3n) is 1.62. The summed E-state index contributed by atoms with van der Waals surface area (Å²) in [7, 11) is 0. The van der Waals surface area contributed by atoms with Gasteiger partial charge >= 0.3 is 0 Å². The smallest absolute Gasteiger partial charge is 0.0563 e. The predicted molar refractivity (Wildman–Crippen MR) is 40.4 cm³/mol. The van der Waals surface area contributed by atoms with E-state index < -0.39 is 0 Å².